The first kappa shape index (κ1) is 21.0. The standard InChI is InChI=1S/C18H18N2O7S/c1-11-8-15(20(24)25)10-17(12(11)2)28(26,27)19-14-5-3-4-13(9-14)16(21)6-7-18(22)23/h3-5,8-10,19H,6-7H2,1-2H3,(H,22,23). The van der Waals surface area contributed by atoms with Crippen LogP contribution in [0, 0.1) is 24.0 Å². The Labute approximate surface area is 161 Å². The zero-order valence-electron chi connectivity index (χ0n) is 15.1. The molecule has 28 heavy (non-hydrogen) atoms. The van der Waals surface area contributed by atoms with E-state index in [0.717, 1.165) is 6.07 Å². The highest BCUT2D eigenvalue weighted by Gasteiger charge is 2.23. The zero-order valence-corrected chi connectivity index (χ0v) is 15.9. The highest BCUT2D eigenvalue weighted by molar-refractivity contribution is 7.92. The predicted octanol–water partition coefficient (Wildman–Crippen LogP) is 3.06. The summed E-state index contributed by atoms with van der Waals surface area (Å²) in [5.74, 6) is -1.55. The lowest BCUT2D eigenvalue weighted by molar-refractivity contribution is -0.385. The van der Waals surface area contributed by atoms with Crippen molar-refractivity contribution in [2.45, 2.75) is 31.6 Å². The Hall–Kier alpha value is -3.27. The quantitative estimate of drug-likeness (QED) is 0.389. The number of Topliss-reactive ketones (excluding diaryl/α,β-unsaturated/α-hetero) is 1. The lowest BCUT2D eigenvalue weighted by Gasteiger charge is -2.12. The average Bonchev–Trinajstić information content (AvgIpc) is 2.61. The van der Waals surface area contributed by atoms with Crippen LogP contribution < -0.4 is 4.72 Å². The summed E-state index contributed by atoms with van der Waals surface area (Å²) >= 11 is 0. The van der Waals surface area contributed by atoms with Gasteiger partial charge in [0.25, 0.3) is 15.7 Å². The molecule has 0 heterocycles. The van der Waals surface area contributed by atoms with Crippen molar-refractivity contribution in [1.29, 1.82) is 0 Å². The number of anilines is 1. The van der Waals surface area contributed by atoms with E-state index >= 15 is 0 Å². The van der Waals surface area contributed by atoms with Crippen LogP contribution in [0.2, 0.25) is 0 Å². The van der Waals surface area contributed by atoms with Crippen molar-refractivity contribution in [3.8, 4) is 0 Å². The van der Waals surface area contributed by atoms with E-state index in [1.54, 1.807) is 13.8 Å². The number of nitro groups is 1. The Kier molecular flexibility index (Phi) is 6.14. The van der Waals surface area contributed by atoms with Crippen molar-refractivity contribution in [2.24, 2.45) is 0 Å². The molecule has 0 saturated heterocycles. The molecule has 0 spiro atoms. The van der Waals surface area contributed by atoms with Gasteiger partial charge in [-0.05, 0) is 37.1 Å². The second-order valence-corrected chi connectivity index (χ2v) is 7.80. The van der Waals surface area contributed by atoms with E-state index in [9.17, 15) is 28.1 Å². The number of rotatable bonds is 8. The van der Waals surface area contributed by atoms with Crippen LogP contribution >= 0.6 is 0 Å². The van der Waals surface area contributed by atoms with Crippen LogP contribution in [0.15, 0.2) is 41.3 Å². The van der Waals surface area contributed by atoms with Crippen LogP contribution in [0.5, 0.6) is 0 Å². The number of nitrogens with zero attached hydrogens (tertiary/aromatic N) is 1. The molecule has 0 unspecified atom stereocenters. The largest absolute Gasteiger partial charge is 0.481 e. The Balaban J connectivity index is 2.35. The highest BCUT2D eigenvalue weighted by atomic mass is 32.2. The summed E-state index contributed by atoms with van der Waals surface area (Å²) < 4.78 is 27.8. The fourth-order valence-electron chi connectivity index (χ4n) is 2.52. The topological polar surface area (TPSA) is 144 Å². The molecular weight excluding hydrogens is 388 g/mol. The number of sulfonamides is 1. The summed E-state index contributed by atoms with van der Waals surface area (Å²) in [6, 6.07) is 7.89. The van der Waals surface area contributed by atoms with Crippen molar-refractivity contribution >= 4 is 33.2 Å². The molecule has 0 fully saturated rings. The smallest absolute Gasteiger partial charge is 0.303 e. The Morgan fingerprint density at radius 1 is 1.14 bits per heavy atom. The molecule has 2 aromatic rings. The van der Waals surface area contributed by atoms with Crippen molar-refractivity contribution < 1.29 is 28.0 Å². The molecule has 2 aromatic carbocycles. The summed E-state index contributed by atoms with van der Waals surface area (Å²) in [5.41, 5.74) is 0.721. The zero-order chi connectivity index (χ0) is 21.1. The highest BCUT2D eigenvalue weighted by Crippen LogP contribution is 2.27. The van der Waals surface area contributed by atoms with Gasteiger partial charge < -0.3 is 5.11 Å². The molecule has 0 bridgehead atoms. The lowest BCUT2D eigenvalue weighted by Crippen LogP contribution is -2.15. The van der Waals surface area contributed by atoms with Crippen LogP contribution in [-0.4, -0.2) is 30.2 Å². The van der Waals surface area contributed by atoms with Gasteiger partial charge in [-0.25, -0.2) is 8.42 Å². The van der Waals surface area contributed by atoms with Crippen LogP contribution in [0.25, 0.3) is 0 Å². The summed E-state index contributed by atoms with van der Waals surface area (Å²) in [5, 5.41) is 19.7. The average molecular weight is 406 g/mol. The molecule has 0 amide bonds. The van der Waals surface area contributed by atoms with Gasteiger partial charge in [0, 0.05) is 29.8 Å². The molecule has 10 heteroatoms. The summed E-state index contributed by atoms with van der Waals surface area (Å²) in [6.07, 6.45) is -0.546. The van der Waals surface area contributed by atoms with Gasteiger partial charge in [-0.1, -0.05) is 12.1 Å². The van der Waals surface area contributed by atoms with E-state index in [2.05, 4.69) is 4.72 Å². The van der Waals surface area contributed by atoms with Gasteiger partial charge in [0.1, 0.15) is 0 Å². The van der Waals surface area contributed by atoms with Gasteiger partial charge in [0.05, 0.1) is 16.2 Å². The fraction of sp³-hybridized carbons (Fsp3) is 0.222. The van der Waals surface area contributed by atoms with Gasteiger partial charge in [0.15, 0.2) is 5.78 Å². The molecule has 0 aliphatic carbocycles. The van der Waals surface area contributed by atoms with E-state index in [0.29, 0.717) is 11.1 Å². The number of carboxylic acids is 1. The Bertz CT molecular complexity index is 1060. The molecule has 0 aromatic heterocycles. The lowest BCUT2D eigenvalue weighted by atomic mass is 10.1. The molecule has 2 rings (SSSR count). The van der Waals surface area contributed by atoms with E-state index < -0.39 is 26.7 Å². The molecule has 0 aliphatic heterocycles. The second kappa shape index (κ2) is 8.17. The number of aryl methyl sites for hydroxylation is 1. The van der Waals surface area contributed by atoms with Crippen molar-refractivity contribution in [3.05, 3.63) is 63.2 Å². The summed E-state index contributed by atoms with van der Waals surface area (Å²) in [7, 11) is -4.15. The van der Waals surface area contributed by atoms with Crippen LogP contribution in [0.4, 0.5) is 11.4 Å². The van der Waals surface area contributed by atoms with Crippen LogP contribution in [0.3, 0.4) is 0 Å². The first-order valence-corrected chi connectivity index (χ1v) is 9.63. The van der Waals surface area contributed by atoms with Gasteiger partial charge in [-0.3, -0.25) is 24.4 Å². The minimum absolute atomic E-state index is 0.0877. The fourth-order valence-corrected chi connectivity index (χ4v) is 3.91. The van der Waals surface area contributed by atoms with E-state index in [4.69, 9.17) is 5.11 Å². The minimum Gasteiger partial charge on any atom is -0.481 e. The number of aliphatic carboxylic acids is 1. The van der Waals surface area contributed by atoms with Crippen molar-refractivity contribution in [2.75, 3.05) is 4.72 Å². The van der Waals surface area contributed by atoms with Gasteiger partial charge in [0.2, 0.25) is 0 Å². The maximum Gasteiger partial charge on any atom is 0.303 e. The number of ketones is 1. The maximum absolute atomic E-state index is 12.7. The third-order valence-electron chi connectivity index (χ3n) is 4.11. The molecular formula is C18H18N2O7S. The molecule has 0 aliphatic rings. The second-order valence-electron chi connectivity index (χ2n) is 6.15. The predicted molar refractivity (Wildman–Crippen MR) is 101 cm³/mol. The van der Waals surface area contributed by atoms with Gasteiger partial charge in [-0.15, -0.1) is 0 Å². The van der Waals surface area contributed by atoms with Crippen LogP contribution in [-0.2, 0) is 14.8 Å². The first-order valence-electron chi connectivity index (χ1n) is 8.15. The monoisotopic (exact) mass is 406 g/mol. The number of carbonyl (C=O) groups excluding carboxylic acids is 1. The van der Waals surface area contributed by atoms with E-state index in [-0.39, 0.29) is 34.7 Å². The third kappa shape index (κ3) is 4.92. The van der Waals surface area contributed by atoms with Crippen molar-refractivity contribution in [1.82, 2.24) is 0 Å². The minimum atomic E-state index is -4.15. The molecule has 2 N–H and O–H groups in total. The maximum atomic E-state index is 12.7. The number of benzene rings is 2. The molecule has 0 saturated carbocycles. The number of nitrogens with one attached hydrogen (secondary N) is 1. The Morgan fingerprint density at radius 2 is 1.82 bits per heavy atom. The number of nitro benzene ring substituents is 1. The van der Waals surface area contributed by atoms with E-state index in [1.807, 2.05) is 0 Å². The molecule has 0 radical (unpaired) electrons. The number of hydrogen-bond acceptors (Lipinski definition) is 6. The molecule has 9 nitrogen and oxygen atoms in total. The van der Waals surface area contributed by atoms with Gasteiger partial charge in [-0.2, -0.15) is 0 Å². The number of hydrogen-bond donors (Lipinski definition) is 2. The normalized spacial score (nSPS) is 11.1. The molecule has 148 valence electrons. The SMILES string of the molecule is Cc1cc([N+](=O)[O-])cc(S(=O)(=O)Nc2cccc(C(=O)CCC(=O)O)c2)c1C. The number of carboxylic acid groups (broad SMARTS) is 1. The first-order chi connectivity index (χ1) is 13.0. The van der Waals surface area contributed by atoms with Crippen molar-refractivity contribution in [3.63, 3.8) is 0 Å². The summed E-state index contributed by atoms with van der Waals surface area (Å²) in [4.78, 5) is 32.8. The Morgan fingerprint density at radius 3 is 2.43 bits per heavy atom. The molecule has 0 atom stereocenters. The van der Waals surface area contributed by atoms with Crippen LogP contribution in [0.1, 0.15) is 34.3 Å². The number of non-ortho nitro benzene ring substituents is 1. The van der Waals surface area contributed by atoms with E-state index in [1.165, 1.54) is 30.3 Å². The summed E-state index contributed by atoms with van der Waals surface area (Å²) in [6.45, 7) is 3.11. The van der Waals surface area contributed by atoms with Gasteiger partial charge >= 0.3 is 5.97 Å². The third-order valence-corrected chi connectivity index (χ3v) is 5.61. The number of carbonyl (C=O) groups is 2.